The first kappa shape index (κ1) is 25.9. The third kappa shape index (κ3) is 5.48. The van der Waals surface area contributed by atoms with Crippen LogP contribution in [0.4, 0.5) is 5.69 Å². The largest absolute Gasteiger partial charge is 0.497 e. The number of ether oxygens (including phenoxy) is 1. The van der Waals surface area contributed by atoms with E-state index in [0.717, 1.165) is 40.8 Å². The summed E-state index contributed by atoms with van der Waals surface area (Å²) in [4.78, 5) is 25.7. The van der Waals surface area contributed by atoms with E-state index in [1.54, 1.807) is 37.5 Å². The van der Waals surface area contributed by atoms with Crippen LogP contribution in [0.1, 0.15) is 45.0 Å². The van der Waals surface area contributed by atoms with Crippen LogP contribution in [0.3, 0.4) is 0 Å². The number of allylic oxidation sites excluding steroid dienone is 1. The van der Waals surface area contributed by atoms with E-state index in [1.165, 1.54) is 5.38 Å². The zero-order chi connectivity index (χ0) is 26.3. The van der Waals surface area contributed by atoms with Gasteiger partial charge < -0.3 is 15.4 Å². The topological polar surface area (TPSA) is 102 Å². The van der Waals surface area contributed by atoms with E-state index in [-0.39, 0.29) is 26.1 Å². The SMILES string of the molecule is COc1ccc2c(c1)C(=CC(=O)c1ccc(NC(=O)c3scc(S(C)(=O)=O)c3Cl)cc1)NC(C)(C)C2. The van der Waals surface area contributed by atoms with Crippen LogP contribution in [0.15, 0.2) is 58.8 Å². The lowest BCUT2D eigenvalue weighted by Gasteiger charge is -2.35. The van der Waals surface area contributed by atoms with Gasteiger partial charge in [-0.05, 0) is 62.2 Å². The monoisotopic (exact) mass is 544 g/mol. The molecule has 0 spiro atoms. The summed E-state index contributed by atoms with van der Waals surface area (Å²) in [7, 11) is -1.93. The summed E-state index contributed by atoms with van der Waals surface area (Å²) in [6.07, 6.45) is 3.42. The molecule has 0 radical (unpaired) electrons. The van der Waals surface area contributed by atoms with Crippen LogP contribution in [0.25, 0.3) is 5.70 Å². The summed E-state index contributed by atoms with van der Waals surface area (Å²) in [6.45, 7) is 4.16. The molecule has 4 rings (SSSR count). The first-order valence-electron chi connectivity index (χ1n) is 11.0. The Morgan fingerprint density at radius 2 is 1.86 bits per heavy atom. The standard InChI is InChI=1S/C26H25ClN2O5S2/c1-26(2)13-16-7-10-18(34-3)11-19(16)20(29-26)12-21(30)15-5-8-17(9-6-15)28-25(31)24-23(27)22(14-35-24)36(4,32)33/h5-12,14,29H,13H2,1-4H3,(H,28,31). The van der Waals surface area contributed by atoms with Gasteiger partial charge in [-0.2, -0.15) is 0 Å². The lowest BCUT2D eigenvalue weighted by Crippen LogP contribution is -2.43. The molecule has 0 fully saturated rings. The number of anilines is 1. The van der Waals surface area contributed by atoms with E-state index < -0.39 is 15.7 Å². The highest BCUT2D eigenvalue weighted by molar-refractivity contribution is 7.91. The Hall–Kier alpha value is -3.14. The number of thiophene rings is 1. The Kier molecular flexibility index (Phi) is 7.01. The molecule has 2 N–H and O–H groups in total. The molecule has 1 aromatic heterocycles. The summed E-state index contributed by atoms with van der Waals surface area (Å²) in [5.74, 6) is -0.00979. The van der Waals surface area contributed by atoms with Gasteiger partial charge >= 0.3 is 0 Å². The third-order valence-electron chi connectivity index (χ3n) is 5.72. The van der Waals surface area contributed by atoms with Gasteiger partial charge in [-0.1, -0.05) is 17.7 Å². The van der Waals surface area contributed by atoms with Crippen molar-refractivity contribution in [3.8, 4) is 5.75 Å². The highest BCUT2D eigenvalue weighted by atomic mass is 35.5. The molecular weight excluding hydrogens is 520 g/mol. The normalized spacial score (nSPS) is 15.6. The fourth-order valence-corrected chi connectivity index (χ4v) is 6.81. The first-order valence-corrected chi connectivity index (χ1v) is 14.1. The maximum Gasteiger partial charge on any atom is 0.267 e. The number of sulfone groups is 1. The predicted molar refractivity (Wildman–Crippen MR) is 143 cm³/mol. The van der Waals surface area contributed by atoms with Crippen LogP contribution in [0.2, 0.25) is 5.02 Å². The molecule has 0 saturated carbocycles. The van der Waals surface area contributed by atoms with Crippen LogP contribution < -0.4 is 15.4 Å². The average Bonchev–Trinajstić information content (AvgIpc) is 3.20. The molecular formula is C26H25ClN2O5S2. The molecule has 36 heavy (non-hydrogen) atoms. The Balaban J connectivity index is 1.54. The molecule has 10 heteroatoms. The number of carbonyl (C=O) groups excluding carboxylic acids is 2. The molecule has 0 aliphatic carbocycles. The number of nitrogens with one attached hydrogen (secondary N) is 2. The number of ketones is 1. The summed E-state index contributed by atoms with van der Waals surface area (Å²) >= 11 is 7.06. The van der Waals surface area contributed by atoms with E-state index in [1.807, 2.05) is 18.2 Å². The quantitative estimate of drug-likeness (QED) is 0.326. The molecule has 0 saturated heterocycles. The molecule has 1 aliphatic rings. The van der Waals surface area contributed by atoms with Crippen molar-refractivity contribution in [2.45, 2.75) is 30.7 Å². The van der Waals surface area contributed by atoms with Gasteiger partial charge in [0.15, 0.2) is 15.6 Å². The van der Waals surface area contributed by atoms with Gasteiger partial charge in [0.1, 0.15) is 10.6 Å². The zero-order valence-electron chi connectivity index (χ0n) is 20.1. The number of rotatable bonds is 6. The van der Waals surface area contributed by atoms with E-state index >= 15 is 0 Å². The van der Waals surface area contributed by atoms with Crippen LogP contribution in [-0.4, -0.2) is 39.0 Å². The summed E-state index contributed by atoms with van der Waals surface area (Å²) in [5.41, 5.74) is 3.44. The second-order valence-corrected chi connectivity index (χ2v) is 12.4. The molecule has 0 atom stereocenters. The van der Waals surface area contributed by atoms with Crippen molar-refractivity contribution in [3.05, 3.63) is 80.5 Å². The molecule has 7 nitrogen and oxygen atoms in total. The fraction of sp³-hybridized carbons (Fsp3) is 0.231. The number of fused-ring (bicyclic) bond motifs is 1. The number of carbonyl (C=O) groups is 2. The Morgan fingerprint density at radius 1 is 1.17 bits per heavy atom. The Morgan fingerprint density at radius 3 is 2.47 bits per heavy atom. The molecule has 2 aromatic carbocycles. The van der Waals surface area contributed by atoms with Crippen molar-refractivity contribution in [1.29, 1.82) is 0 Å². The lowest BCUT2D eigenvalue weighted by atomic mass is 9.85. The minimum absolute atomic E-state index is 0.0769. The van der Waals surface area contributed by atoms with Gasteiger partial charge in [-0.25, -0.2) is 8.42 Å². The Labute approximate surface area is 219 Å². The van der Waals surface area contributed by atoms with E-state index in [4.69, 9.17) is 16.3 Å². The first-order chi connectivity index (χ1) is 16.9. The highest BCUT2D eigenvalue weighted by Gasteiger charge is 2.28. The third-order valence-corrected chi connectivity index (χ3v) is 8.59. The van der Waals surface area contributed by atoms with E-state index in [2.05, 4.69) is 24.5 Å². The van der Waals surface area contributed by atoms with Crippen LogP contribution in [-0.2, 0) is 16.3 Å². The number of benzene rings is 2. The van der Waals surface area contributed by atoms with E-state index in [9.17, 15) is 18.0 Å². The fourth-order valence-electron chi connectivity index (χ4n) is 4.00. The van der Waals surface area contributed by atoms with Crippen molar-refractivity contribution in [2.75, 3.05) is 18.7 Å². The van der Waals surface area contributed by atoms with Crippen molar-refractivity contribution < 1.29 is 22.7 Å². The summed E-state index contributed by atoms with van der Waals surface area (Å²) < 4.78 is 28.9. The van der Waals surface area contributed by atoms with Gasteiger partial charge in [0, 0.05) is 45.8 Å². The number of methoxy groups -OCH3 is 1. The summed E-state index contributed by atoms with van der Waals surface area (Å²) in [5, 5.41) is 7.38. The minimum atomic E-state index is -3.53. The molecule has 2 heterocycles. The smallest absolute Gasteiger partial charge is 0.267 e. The van der Waals surface area contributed by atoms with Crippen molar-refractivity contribution >= 4 is 55.8 Å². The highest BCUT2D eigenvalue weighted by Crippen LogP contribution is 2.33. The second-order valence-electron chi connectivity index (χ2n) is 9.18. The average molecular weight is 545 g/mol. The number of hydrogen-bond donors (Lipinski definition) is 2. The maximum atomic E-state index is 13.1. The number of halogens is 1. The molecule has 3 aromatic rings. The summed E-state index contributed by atoms with van der Waals surface area (Å²) in [6, 6.07) is 12.3. The van der Waals surface area contributed by atoms with Crippen molar-refractivity contribution in [1.82, 2.24) is 5.32 Å². The number of amides is 1. The van der Waals surface area contributed by atoms with Crippen LogP contribution in [0, 0.1) is 0 Å². The molecule has 0 unspecified atom stereocenters. The molecule has 0 bridgehead atoms. The molecule has 188 valence electrons. The van der Waals surface area contributed by atoms with Gasteiger partial charge in [0.05, 0.1) is 17.0 Å². The van der Waals surface area contributed by atoms with Gasteiger partial charge in [0.25, 0.3) is 5.91 Å². The predicted octanol–water partition coefficient (Wildman–Crippen LogP) is 5.21. The van der Waals surface area contributed by atoms with E-state index in [0.29, 0.717) is 17.0 Å². The number of hydrogen-bond acceptors (Lipinski definition) is 7. The van der Waals surface area contributed by atoms with Gasteiger partial charge in [-0.3, -0.25) is 9.59 Å². The van der Waals surface area contributed by atoms with Crippen molar-refractivity contribution in [2.24, 2.45) is 0 Å². The van der Waals surface area contributed by atoms with Gasteiger partial charge in [-0.15, -0.1) is 11.3 Å². The van der Waals surface area contributed by atoms with Crippen LogP contribution >= 0.6 is 22.9 Å². The lowest BCUT2D eigenvalue weighted by molar-refractivity contribution is 0.102. The minimum Gasteiger partial charge on any atom is -0.497 e. The molecule has 1 amide bonds. The van der Waals surface area contributed by atoms with Crippen molar-refractivity contribution in [3.63, 3.8) is 0 Å². The molecule has 1 aliphatic heterocycles. The zero-order valence-corrected chi connectivity index (χ0v) is 22.5. The van der Waals surface area contributed by atoms with Crippen LogP contribution in [0.5, 0.6) is 5.75 Å². The Bertz CT molecular complexity index is 1490. The maximum absolute atomic E-state index is 13.1. The van der Waals surface area contributed by atoms with Gasteiger partial charge in [0.2, 0.25) is 0 Å². The second kappa shape index (κ2) is 9.72.